The minimum atomic E-state index is 0.760. The summed E-state index contributed by atoms with van der Waals surface area (Å²) in [6, 6.07) is 10.6. The quantitative estimate of drug-likeness (QED) is 0.765. The van der Waals surface area contributed by atoms with Gasteiger partial charge in [0.25, 0.3) is 0 Å². The molecule has 3 nitrogen and oxygen atoms in total. The van der Waals surface area contributed by atoms with Crippen molar-refractivity contribution in [2.75, 3.05) is 5.32 Å². The molecule has 3 aromatic rings. The standard InChI is InChI=1S/C13H13N3S/c1-16-6-4-12(15-16)9-14-11-2-3-13-10(8-11)5-7-17-13/h2-8,14H,9H2,1H3. The number of nitrogens with one attached hydrogen (secondary N) is 1. The van der Waals surface area contributed by atoms with E-state index in [4.69, 9.17) is 0 Å². The van der Waals surface area contributed by atoms with Crippen molar-refractivity contribution < 1.29 is 0 Å². The van der Waals surface area contributed by atoms with E-state index >= 15 is 0 Å². The lowest BCUT2D eigenvalue weighted by Crippen LogP contribution is -2.00. The molecule has 4 heteroatoms. The van der Waals surface area contributed by atoms with Crippen LogP contribution < -0.4 is 5.32 Å². The van der Waals surface area contributed by atoms with Gasteiger partial charge in [0.15, 0.2) is 0 Å². The number of aromatic nitrogens is 2. The number of thiophene rings is 1. The summed E-state index contributed by atoms with van der Waals surface area (Å²) in [6.07, 6.45) is 1.96. The molecule has 0 amide bonds. The fourth-order valence-electron chi connectivity index (χ4n) is 1.83. The van der Waals surface area contributed by atoms with Crippen LogP contribution in [0, 0.1) is 0 Å². The van der Waals surface area contributed by atoms with Gasteiger partial charge in [0, 0.05) is 23.6 Å². The van der Waals surface area contributed by atoms with Crippen LogP contribution in [0.3, 0.4) is 0 Å². The third-order valence-electron chi connectivity index (χ3n) is 2.69. The number of anilines is 1. The average Bonchev–Trinajstić information content (AvgIpc) is 2.94. The van der Waals surface area contributed by atoms with Gasteiger partial charge < -0.3 is 5.32 Å². The molecule has 86 valence electrons. The molecule has 2 aromatic heterocycles. The second-order valence-electron chi connectivity index (χ2n) is 4.01. The maximum Gasteiger partial charge on any atom is 0.0815 e. The van der Waals surface area contributed by atoms with Crippen molar-refractivity contribution in [2.24, 2.45) is 7.05 Å². The lowest BCUT2D eigenvalue weighted by molar-refractivity contribution is 0.747. The van der Waals surface area contributed by atoms with Crippen molar-refractivity contribution in [3.8, 4) is 0 Å². The number of benzene rings is 1. The number of rotatable bonds is 3. The van der Waals surface area contributed by atoms with E-state index in [1.54, 1.807) is 11.3 Å². The summed E-state index contributed by atoms with van der Waals surface area (Å²) in [5.74, 6) is 0. The first-order valence-electron chi connectivity index (χ1n) is 5.51. The predicted octanol–water partition coefficient (Wildman–Crippen LogP) is 3.25. The Morgan fingerprint density at radius 3 is 3.06 bits per heavy atom. The fraction of sp³-hybridized carbons (Fsp3) is 0.154. The molecule has 0 saturated heterocycles. The molecule has 0 aliphatic rings. The van der Waals surface area contributed by atoms with E-state index in [-0.39, 0.29) is 0 Å². The summed E-state index contributed by atoms with van der Waals surface area (Å²) < 4.78 is 3.15. The second-order valence-corrected chi connectivity index (χ2v) is 4.96. The van der Waals surface area contributed by atoms with E-state index in [9.17, 15) is 0 Å². The van der Waals surface area contributed by atoms with Crippen LogP contribution in [0.4, 0.5) is 5.69 Å². The van der Waals surface area contributed by atoms with Gasteiger partial charge in [-0.3, -0.25) is 4.68 Å². The number of aryl methyl sites for hydroxylation is 1. The third-order valence-corrected chi connectivity index (χ3v) is 3.59. The first kappa shape index (κ1) is 10.4. The normalized spacial score (nSPS) is 10.9. The predicted molar refractivity (Wildman–Crippen MR) is 72.4 cm³/mol. The summed E-state index contributed by atoms with van der Waals surface area (Å²) in [7, 11) is 1.93. The summed E-state index contributed by atoms with van der Waals surface area (Å²) in [5, 5.41) is 11.1. The van der Waals surface area contributed by atoms with Gasteiger partial charge in [-0.1, -0.05) is 0 Å². The first-order valence-corrected chi connectivity index (χ1v) is 6.39. The molecule has 0 spiro atoms. The van der Waals surface area contributed by atoms with Crippen molar-refractivity contribution in [3.05, 3.63) is 47.6 Å². The van der Waals surface area contributed by atoms with Crippen LogP contribution in [0.5, 0.6) is 0 Å². The van der Waals surface area contributed by atoms with E-state index in [1.807, 2.05) is 24.0 Å². The molecule has 0 aliphatic heterocycles. The highest BCUT2D eigenvalue weighted by molar-refractivity contribution is 7.17. The van der Waals surface area contributed by atoms with Gasteiger partial charge >= 0.3 is 0 Å². The van der Waals surface area contributed by atoms with Gasteiger partial charge in [0.2, 0.25) is 0 Å². The molecule has 0 radical (unpaired) electrons. The zero-order valence-electron chi connectivity index (χ0n) is 9.55. The molecule has 0 aliphatic carbocycles. The first-order chi connectivity index (χ1) is 8.31. The number of fused-ring (bicyclic) bond motifs is 1. The van der Waals surface area contributed by atoms with Gasteiger partial charge in [-0.2, -0.15) is 5.10 Å². The topological polar surface area (TPSA) is 29.9 Å². The Morgan fingerprint density at radius 2 is 2.24 bits per heavy atom. The van der Waals surface area contributed by atoms with Gasteiger partial charge in [-0.15, -0.1) is 11.3 Å². The van der Waals surface area contributed by atoms with Crippen molar-refractivity contribution in [1.29, 1.82) is 0 Å². The van der Waals surface area contributed by atoms with E-state index in [2.05, 4.69) is 40.1 Å². The van der Waals surface area contributed by atoms with E-state index in [0.717, 1.165) is 17.9 Å². The molecule has 0 bridgehead atoms. The van der Waals surface area contributed by atoms with E-state index < -0.39 is 0 Å². The Labute approximate surface area is 104 Å². The summed E-state index contributed by atoms with van der Waals surface area (Å²) >= 11 is 1.77. The summed E-state index contributed by atoms with van der Waals surface area (Å²) in [5.41, 5.74) is 2.19. The molecule has 0 unspecified atom stereocenters. The number of hydrogen-bond acceptors (Lipinski definition) is 3. The third kappa shape index (κ3) is 2.17. The van der Waals surface area contributed by atoms with Crippen LogP contribution in [0.1, 0.15) is 5.69 Å². The van der Waals surface area contributed by atoms with Gasteiger partial charge in [-0.05, 0) is 41.1 Å². The Hall–Kier alpha value is -1.81. The zero-order chi connectivity index (χ0) is 11.7. The van der Waals surface area contributed by atoms with Crippen LogP contribution in [0.15, 0.2) is 41.9 Å². The molecular formula is C13H13N3S. The number of hydrogen-bond donors (Lipinski definition) is 1. The van der Waals surface area contributed by atoms with Gasteiger partial charge in [0.05, 0.1) is 12.2 Å². The molecule has 1 aromatic carbocycles. The SMILES string of the molecule is Cn1ccc(CNc2ccc3sccc3c2)n1. The highest BCUT2D eigenvalue weighted by atomic mass is 32.1. The monoisotopic (exact) mass is 243 g/mol. The Balaban J connectivity index is 1.76. The summed E-state index contributed by atoms with van der Waals surface area (Å²) in [6.45, 7) is 0.760. The summed E-state index contributed by atoms with van der Waals surface area (Å²) in [4.78, 5) is 0. The van der Waals surface area contributed by atoms with Crippen molar-refractivity contribution >= 4 is 27.1 Å². The number of nitrogens with zero attached hydrogens (tertiary/aromatic N) is 2. The molecular weight excluding hydrogens is 230 g/mol. The van der Waals surface area contributed by atoms with E-state index in [0.29, 0.717) is 0 Å². The zero-order valence-corrected chi connectivity index (χ0v) is 10.4. The van der Waals surface area contributed by atoms with Crippen LogP contribution in [0.25, 0.3) is 10.1 Å². The Morgan fingerprint density at radius 1 is 1.29 bits per heavy atom. The van der Waals surface area contributed by atoms with Crippen molar-refractivity contribution in [3.63, 3.8) is 0 Å². The molecule has 3 rings (SSSR count). The molecule has 1 N–H and O–H groups in total. The fourth-order valence-corrected chi connectivity index (χ4v) is 2.60. The van der Waals surface area contributed by atoms with Gasteiger partial charge in [0.1, 0.15) is 0 Å². The molecule has 17 heavy (non-hydrogen) atoms. The Kier molecular flexibility index (Phi) is 2.57. The van der Waals surface area contributed by atoms with Crippen molar-refractivity contribution in [2.45, 2.75) is 6.54 Å². The maximum absolute atomic E-state index is 4.33. The lowest BCUT2D eigenvalue weighted by atomic mass is 10.2. The highest BCUT2D eigenvalue weighted by Crippen LogP contribution is 2.24. The van der Waals surface area contributed by atoms with Crippen LogP contribution in [0.2, 0.25) is 0 Å². The van der Waals surface area contributed by atoms with Crippen molar-refractivity contribution in [1.82, 2.24) is 9.78 Å². The smallest absolute Gasteiger partial charge is 0.0815 e. The Bertz CT molecular complexity index is 639. The van der Waals surface area contributed by atoms with Crippen LogP contribution in [-0.4, -0.2) is 9.78 Å². The molecule has 0 fully saturated rings. The van der Waals surface area contributed by atoms with Crippen LogP contribution >= 0.6 is 11.3 Å². The second kappa shape index (κ2) is 4.22. The minimum Gasteiger partial charge on any atom is -0.379 e. The highest BCUT2D eigenvalue weighted by Gasteiger charge is 1.99. The van der Waals surface area contributed by atoms with E-state index in [1.165, 1.54) is 10.1 Å². The maximum atomic E-state index is 4.33. The van der Waals surface area contributed by atoms with Gasteiger partial charge in [-0.25, -0.2) is 0 Å². The average molecular weight is 243 g/mol. The largest absolute Gasteiger partial charge is 0.379 e. The molecule has 0 atom stereocenters. The molecule has 2 heterocycles. The van der Waals surface area contributed by atoms with Crippen LogP contribution in [-0.2, 0) is 13.6 Å². The lowest BCUT2D eigenvalue weighted by Gasteiger charge is -2.04. The molecule has 0 saturated carbocycles. The minimum absolute atomic E-state index is 0.760.